The van der Waals surface area contributed by atoms with Gasteiger partial charge in [0.2, 0.25) is 5.91 Å². The number of piperidine rings is 1. The molecule has 2 N–H and O–H groups in total. The first-order valence-corrected chi connectivity index (χ1v) is 6.83. The third-order valence-electron chi connectivity index (χ3n) is 3.16. The first-order valence-electron chi connectivity index (χ1n) is 6.03. The average Bonchev–Trinajstić information content (AvgIpc) is 2.34. The second kappa shape index (κ2) is 7.22. The Bertz CT molecular complexity index is 458. The van der Waals surface area contributed by atoms with Crippen molar-refractivity contribution in [1.29, 1.82) is 0 Å². The van der Waals surface area contributed by atoms with Gasteiger partial charge in [-0.15, -0.1) is 12.4 Å². The van der Waals surface area contributed by atoms with Gasteiger partial charge < -0.3 is 10.6 Å². The van der Waals surface area contributed by atoms with E-state index in [0.29, 0.717) is 12.1 Å². The van der Waals surface area contributed by atoms with Gasteiger partial charge in [0.15, 0.2) is 0 Å². The zero-order valence-corrected chi connectivity index (χ0v) is 12.8. The molecule has 1 saturated heterocycles. The maximum Gasteiger partial charge on any atom is 0.227 e. The maximum atomic E-state index is 13.6. The Kier molecular flexibility index (Phi) is 6.23. The first kappa shape index (κ1) is 16.4. The summed E-state index contributed by atoms with van der Waals surface area (Å²) in [4.78, 5) is 13.8. The summed E-state index contributed by atoms with van der Waals surface area (Å²) in [5.74, 6) is -0.394. The monoisotopic (exact) mass is 350 g/mol. The van der Waals surface area contributed by atoms with Crippen LogP contribution in [-0.4, -0.2) is 29.9 Å². The van der Waals surface area contributed by atoms with Crippen LogP contribution in [0.3, 0.4) is 0 Å². The van der Waals surface area contributed by atoms with E-state index in [-0.39, 0.29) is 36.6 Å². The lowest BCUT2D eigenvalue weighted by molar-refractivity contribution is -0.131. The maximum absolute atomic E-state index is 13.6. The number of likely N-dealkylation sites (tertiary alicyclic amines) is 1. The number of rotatable bonds is 2. The average molecular weight is 352 g/mol. The molecule has 1 aromatic rings. The smallest absolute Gasteiger partial charge is 0.227 e. The molecule has 1 aliphatic heterocycles. The lowest BCUT2D eigenvalue weighted by atomic mass is 10.0. The van der Waals surface area contributed by atoms with Gasteiger partial charge in [0, 0.05) is 23.6 Å². The van der Waals surface area contributed by atoms with Crippen molar-refractivity contribution in [2.24, 2.45) is 5.73 Å². The van der Waals surface area contributed by atoms with Crippen molar-refractivity contribution in [2.45, 2.75) is 25.3 Å². The largest absolute Gasteiger partial charge is 0.341 e. The lowest BCUT2D eigenvalue weighted by Crippen LogP contribution is -2.46. The van der Waals surface area contributed by atoms with Gasteiger partial charge in [-0.05, 0) is 36.6 Å². The standard InChI is InChI=1S/C13H16BrFN2O.ClH/c14-10-3-4-12(15)9(6-10)7-13(18)17-5-1-2-11(16)8-17;/h3-4,6,11H,1-2,5,7-8,16H2;1H/t11-;/m0./s1. The van der Waals surface area contributed by atoms with Crippen LogP contribution in [0.25, 0.3) is 0 Å². The van der Waals surface area contributed by atoms with E-state index >= 15 is 0 Å². The lowest BCUT2D eigenvalue weighted by Gasteiger charge is -2.30. The molecule has 0 bridgehead atoms. The fourth-order valence-corrected chi connectivity index (χ4v) is 2.60. The normalized spacial score (nSPS) is 18.9. The highest BCUT2D eigenvalue weighted by Crippen LogP contribution is 2.17. The second-order valence-corrected chi connectivity index (χ2v) is 5.57. The predicted molar refractivity (Wildman–Crippen MR) is 78.8 cm³/mol. The van der Waals surface area contributed by atoms with E-state index in [1.807, 2.05) is 0 Å². The molecule has 1 aliphatic rings. The SMILES string of the molecule is Cl.N[C@H]1CCCN(C(=O)Cc2cc(Br)ccc2F)C1. The summed E-state index contributed by atoms with van der Waals surface area (Å²) in [6.07, 6.45) is 1.97. The van der Waals surface area contributed by atoms with Gasteiger partial charge in [-0.3, -0.25) is 4.79 Å². The molecular formula is C13H17BrClFN2O. The van der Waals surface area contributed by atoms with Gasteiger partial charge in [-0.25, -0.2) is 4.39 Å². The van der Waals surface area contributed by atoms with Crippen LogP contribution < -0.4 is 5.73 Å². The molecule has 0 radical (unpaired) electrons. The van der Waals surface area contributed by atoms with Gasteiger partial charge >= 0.3 is 0 Å². The fraction of sp³-hybridized carbons (Fsp3) is 0.462. The van der Waals surface area contributed by atoms with Crippen molar-refractivity contribution in [3.63, 3.8) is 0 Å². The van der Waals surface area contributed by atoms with Crippen molar-refractivity contribution in [1.82, 2.24) is 4.90 Å². The van der Waals surface area contributed by atoms with Crippen molar-refractivity contribution in [2.75, 3.05) is 13.1 Å². The van der Waals surface area contributed by atoms with E-state index in [9.17, 15) is 9.18 Å². The molecule has 1 atom stereocenters. The highest BCUT2D eigenvalue weighted by Gasteiger charge is 2.22. The predicted octanol–water partition coefficient (Wildman–Crippen LogP) is 2.50. The van der Waals surface area contributed by atoms with E-state index in [1.165, 1.54) is 6.07 Å². The molecule has 0 aromatic heterocycles. The molecule has 1 heterocycles. The Hall–Kier alpha value is -0.650. The summed E-state index contributed by atoms with van der Waals surface area (Å²) < 4.78 is 14.3. The molecule has 106 valence electrons. The molecule has 6 heteroatoms. The minimum atomic E-state index is -0.340. The zero-order valence-electron chi connectivity index (χ0n) is 10.4. The number of hydrogen-bond acceptors (Lipinski definition) is 2. The summed E-state index contributed by atoms with van der Waals surface area (Å²) >= 11 is 3.28. The third kappa shape index (κ3) is 4.44. The van der Waals surface area contributed by atoms with Crippen molar-refractivity contribution in [3.05, 3.63) is 34.1 Å². The zero-order chi connectivity index (χ0) is 13.1. The number of nitrogens with two attached hydrogens (primary N) is 1. The van der Waals surface area contributed by atoms with Crippen molar-refractivity contribution < 1.29 is 9.18 Å². The highest BCUT2D eigenvalue weighted by molar-refractivity contribution is 9.10. The quantitative estimate of drug-likeness (QED) is 0.890. The minimum absolute atomic E-state index is 0. The molecule has 3 nitrogen and oxygen atoms in total. The van der Waals surface area contributed by atoms with Gasteiger partial charge in [-0.2, -0.15) is 0 Å². The Labute approximate surface area is 126 Å². The van der Waals surface area contributed by atoms with Crippen LogP contribution >= 0.6 is 28.3 Å². The van der Waals surface area contributed by atoms with E-state index in [4.69, 9.17) is 5.73 Å². The van der Waals surface area contributed by atoms with Crippen molar-refractivity contribution in [3.8, 4) is 0 Å². The molecule has 0 aliphatic carbocycles. The Morgan fingerprint density at radius 3 is 2.95 bits per heavy atom. The van der Waals surface area contributed by atoms with Gasteiger partial charge in [0.25, 0.3) is 0 Å². The fourth-order valence-electron chi connectivity index (χ4n) is 2.19. The van der Waals surface area contributed by atoms with Crippen molar-refractivity contribution >= 4 is 34.2 Å². The summed E-state index contributed by atoms with van der Waals surface area (Å²) in [5.41, 5.74) is 6.26. The molecule has 0 spiro atoms. The van der Waals surface area contributed by atoms with Gasteiger partial charge in [0.05, 0.1) is 6.42 Å². The summed E-state index contributed by atoms with van der Waals surface area (Å²) in [6, 6.07) is 4.70. The van der Waals surface area contributed by atoms with Crippen LogP contribution in [-0.2, 0) is 11.2 Å². The summed E-state index contributed by atoms with van der Waals surface area (Å²) in [5, 5.41) is 0. The van der Waals surface area contributed by atoms with Gasteiger partial charge in [-0.1, -0.05) is 15.9 Å². The summed E-state index contributed by atoms with van der Waals surface area (Å²) in [7, 11) is 0. The Morgan fingerprint density at radius 1 is 1.53 bits per heavy atom. The second-order valence-electron chi connectivity index (χ2n) is 4.65. The van der Waals surface area contributed by atoms with Crippen LogP contribution in [0, 0.1) is 5.82 Å². The molecule has 1 aromatic carbocycles. The molecule has 1 amide bonds. The molecular weight excluding hydrogens is 335 g/mol. The minimum Gasteiger partial charge on any atom is -0.341 e. The van der Waals surface area contributed by atoms with Crippen LogP contribution in [0.2, 0.25) is 0 Å². The number of amides is 1. The highest BCUT2D eigenvalue weighted by atomic mass is 79.9. The van der Waals surface area contributed by atoms with E-state index < -0.39 is 0 Å². The number of halogens is 3. The number of carbonyl (C=O) groups is 1. The Balaban J connectivity index is 0.00000180. The number of nitrogens with zero attached hydrogens (tertiary/aromatic N) is 1. The van der Waals surface area contributed by atoms with Crippen LogP contribution in [0.4, 0.5) is 4.39 Å². The summed E-state index contributed by atoms with van der Waals surface area (Å²) in [6.45, 7) is 1.30. The van der Waals surface area contributed by atoms with E-state index in [1.54, 1.807) is 17.0 Å². The van der Waals surface area contributed by atoms with E-state index in [0.717, 1.165) is 23.9 Å². The molecule has 1 fully saturated rings. The van der Waals surface area contributed by atoms with Crippen LogP contribution in [0.5, 0.6) is 0 Å². The van der Waals surface area contributed by atoms with E-state index in [2.05, 4.69) is 15.9 Å². The van der Waals surface area contributed by atoms with Crippen LogP contribution in [0.1, 0.15) is 18.4 Å². The van der Waals surface area contributed by atoms with Gasteiger partial charge in [0.1, 0.15) is 5.82 Å². The Morgan fingerprint density at radius 2 is 2.26 bits per heavy atom. The number of carbonyl (C=O) groups excluding carboxylic acids is 1. The third-order valence-corrected chi connectivity index (χ3v) is 3.65. The van der Waals surface area contributed by atoms with Crippen LogP contribution in [0.15, 0.2) is 22.7 Å². The number of hydrogen-bond donors (Lipinski definition) is 1. The molecule has 0 saturated carbocycles. The molecule has 0 unspecified atom stereocenters. The first-order chi connectivity index (χ1) is 8.56. The molecule has 19 heavy (non-hydrogen) atoms. The number of benzene rings is 1. The molecule has 2 rings (SSSR count). The topological polar surface area (TPSA) is 46.3 Å².